The van der Waals surface area contributed by atoms with Crippen molar-refractivity contribution in [1.29, 1.82) is 0 Å². The van der Waals surface area contributed by atoms with Crippen LogP contribution in [0.3, 0.4) is 0 Å². The van der Waals surface area contributed by atoms with Crippen molar-refractivity contribution in [1.82, 2.24) is 15.5 Å². The van der Waals surface area contributed by atoms with Gasteiger partial charge in [-0.2, -0.15) is 0 Å². The molecule has 0 saturated carbocycles. The summed E-state index contributed by atoms with van der Waals surface area (Å²) in [4.78, 5) is 41.8. The fourth-order valence-corrected chi connectivity index (χ4v) is 4.40. The van der Waals surface area contributed by atoms with Crippen LogP contribution in [-0.2, 0) is 20.9 Å². The van der Waals surface area contributed by atoms with E-state index in [1.54, 1.807) is 37.8 Å². The number of nitrogens with one attached hydrogen (secondary N) is 2. The molecule has 0 bridgehead atoms. The molecule has 1 heterocycles. The molecule has 1 aliphatic rings. The molecular weight excluding hydrogens is 512 g/mol. The van der Waals surface area contributed by atoms with Gasteiger partial charge in [-0.05, 0) is 70.9 Å². The van der Waals surface area contributed by atoms with Gasteiger partial charge < -0.3 is 25.0 Å². The molecule has 1 aromatic carbocycles. The normalized spacial score (nSPS) is 15.8. The van der Waals surface area contributed by atoms with Gasteiger partial charge in [-0.15, -0.1) is 0 Å². The maximum atomic E-state index is 12.9. The Morgan fingerprint density at radius 2 is 1.97 bits per heavy atom. The van der Waals surface area contributed by atoms with Gasteiger partial charge in [0.05, 0.1) is 0 Å². The Morgan fingerprint density at radius 3 is 2.68 bits per heavy atom. The first-order valence-electron chi connectivity index (χ1n) is 13.0. The Labute approximate surface area is 229 Å². The molecule has 1 aliphatic heterocycles. The van der Waals surface area contributed by atoms with E-state index in [0.29, 0.717) is 43.8 Å². The number of halogens is 1. The van der Waals surface area contributed by atoms with Gasteiger partial charge in [0.15, 0.2) is 0 Å². The molecule has 12 heteroatoms. The molecule has 0 radical (unpaired) electrons. The summed E-state index contributed by atoms with van der Waals surface area (Å²) in [5.41, 5.74) is 8.69. The summed E-state index contributed by atoms with van der Waals surface area (Å²) in [5.74, 6) is -0.0143. The van der Waals surface area contributed by atoms with Crippen molar-refractivity contribution < 1.29 is 23.9 Å². The Kier molecular flexibility index (Phi) is 13.0. The first-order chi connectivity index (χ1) is 18.1. The molecule has 1 saturated heterocycles. The third-order valence-electron chi connectivity index (χ3n) is 6.05. The van der Waals surface area contributed by atoms with E-state index in [4.69, 9.17) is 26.6 Å². The average molecular weight is 551 g/mol. The molecule has 38 heavy (non-hydrogen) atoms. The number of hydrogen-bond acceptors (Lipinski definition) is 6. The maximum Gasteiger partial charge on any atom is 0.407 e. The zero-order chi connectivity index (χ0) is 28.0. The molecule has 0 unspecified atom stereocenters. The highest BCUT2D eigenvalue weighted by molar-refractivity contribution is 6.31. The first kappa shape index (κ1) is 31.1. The summed E-state index contributed by atoms with van der Waals surface area (Å²) in [5, 5.41) is 9.77. The number of likely N-dealkylation sites (tertiary alicyclic amines) is 1. The van der Waals surface area contributed by atoms with Gasteiger partial charge in [0.25, 0.3) is 0 Å². The maximum absolute atomic E-state index is 12.9. The SMILES string of the molecule is CC(C)(C)OC(=O)N[C@@H](CCCCNC(=O)OCc1ccccc1Cl)CCC(=O)N1CCC[C@H]1CN=[N+]=[N-]. The molecule has 0 aliphatic carbocycles. The van der Waals surface area contributed by atoms with Crippen LogP contribution in [0.1, 0.15) is 71.3 Å². The number of hydrogen-bond donors (Lipinski definition) is 2. The van der Waals surface area contributed by atoms with Crippen molar-refractivity contribution >= 4 is 29.7 Å². The number of nitrogens with zero attached hydrogens (tertiary/aromatic N) is 4. The van der Waals surface area contributed by atoms with Crippen molar-refractivity contribution in [2.24, 2.45) is 5.11 Å². The predicted octanol–water partition coefficient (Wildman–Crippen LogP) is 5.71. The number of rotatable bonds is 13. The van der Waals surface area contributed by atoms with E-state index < -0.39 is 17.8 Å². The van der Waals surface area contributed by atoms with Gasteiger partial charge in [0.2, 0.25) is 5.91 Å². The molecule has 210 valence electrons. The van der Waals surface area contributed by atoms with E-state index in [2.05, 4.69) is 20.7 Å². The molecule has 1 fully saturated rings. The minimum atomic E-state index is -0.636. The molecule has 0 aromatic heterocycles. The van der Waals surface area contributed by atoms with Gasteiger partial charge in [-0.1, -0.05) is 34.9 Å². The van der Waals surface area contributed by atoms with Crippen molar-refractivity contribution in [3.05, 3.63) is 45.3 Å². The second kappa shape index (κ2) is 15.9. The molecule has 2 N–H and O–H groups in total. The molecule has 1 aromatic rings. The summed E-state index contributed by atoms with van der Waals surface area (Å²) in [6.45, 7) is 6.79. The van der Waals surface area contributed by atoms with Crippen LogP contribution in [0.15, 0.2) is 29.4 Å². The Hall–Kier alpha value is -3.17. The second-order valence-corrected chi connectivity index (χ2v) is 10.7. The summed E-state index contributed by atoms with van der Waals surface area (Å²) in [7, 11) is 0. The van der Waals surface area contributed by atoms with Gasteiger partial charge in [0, 0.05) is 53.6 Å². The number of azide groups is 1. The Morgan fingerprint density at radius 1 is 1.21 bits per heavy atom. The van der Waals surface area contributed by atoms with Crippen LogP contribution in [0.5, 0.6) is 0 Å². The Bertz CT molecular complexity index is 979. The number of benzene rings is 1. The van der Waals surface area contributed by atoms with Crippen LogP contribution in [0.2, 0.25) is 5.02 Å². The topological polar surface area (TPSA) is 146 Å². The zero-order valence-corrected chi connectivity index (χ0v) is 23.2. The van der Waals surface area contributed by atoms with E-state index in [1.165, 1.54) is 0 Å². The quantitative estimate of drug-likeness (QED) is 0.140. The molecule has 0 spiro atoms. The smallest absolute Gasteiger partial charge is 0.407 e. The van der Waals surface area contributed by atoms with E-state index in [1.807, 2.05) is 12.1 Å². The summed E-state index contributed by atoms with van der Waals surface area (Å²) < 4.78 is 10.6. The van der Waals surface area contributed by atoms with Gasteiger partial charge >= 0.3 is 12.2 Å². The average Bonchev–Trinajstić information content (AvgIpc) is 3.32. The standard InChI is InChI=1S/C26H39ClN6O5/c1-26(2,3)38-25(36)31-20(13-14-23(34)33-16-8-11-21(33)17-30-32-28)10-6-7-15-29-24(35)37-18-19-9-4-5-12-22(19)27/h4-5,9,12,20-21H,6-8,10-11,13-18H2,1-3H3,(H,29,35)(H,31,36)/t20-,21-/m0/s1. The highest BCUT2D eigenvalue weighted by Gasteiger charge is 2.28. The third-order valence-corrected chi connectivity index (χ3v) is 6.41. The van der Waals surface area contributed by atoms with Crippen molar-refractivity contribution in [3.8, 4) is 0 Å². The van der Waals surface area contributed by atoms with E-state index in [0.717, 1.165) is 18.4 Å². The lowest BCUT2D eigenvalue weighted by Crippen LogP contribution is -2.41. The summed E-state index contributed by atoms with van der Waals surface area (Å²) >= 11 is 6.07. The number of carbonyl (C=O) groups is 3. The van der Waals surface area contributed by atoms with Crippen molar-refractivity contribution in [3.63, 3.8) is 0 Å². The molecule has 2 rings (SSSR count). The lowest BCUT2D eigenvalue weighted by atomic mass is 10.0. The number of alkyl carbamates (subject to hydrolysis) is 2. The fraction of sp³-hybridized carbons (Fsp3) is 0.654. The van der Waals surface area contributed by atoms with Crippen LogP contribution in [0.4, 0.5) is 9.59 Å². The van der Waals surface area contributed by atoms with E-state index in [9.17, 15) is 14.4 Å². The molecule has 3 amide bonds. The van der Waals surface area contributed by atoms with Crippen molar-refractivity contribution in [2.45, 2.75) is 90.0 Å². The number of ether oxygens (including phenoxy) is 2. The highest BCUT2D eigenvalue weighted by atomic mass is 35.5. The van der Waals surface area contributed by atoms with Gasteiger partial charge in [0.1, 0.15) is 12.2 Å². The molecule has 2 atom stereocenters. The van der Waals surface area contributed by atoms with Crippen LogP contribution in [0.25, 0.3) is 10.4 Å². The van der Waals surface area contributed by atoms with Gasteiger partial charge in [-0.25, -0.2) is 9.59 Å². The largest absolute Gasteiger partial charge is 0.445 e. The fourth-order valence-electron chi connectivity index (χ4n) is 4.20. The lowest BCUT2D eigenvalue weighted by Gasteiger charge is -2.26. The molecule has 11 nitrogen and oxygen atoms in total. The van der Waals surface area contributed by atoms with E-state index >= 15 is 0 Å². The van der Waals surface area contributed by atoms with Crippen LogP contribution in [0, 0.1) is 0 Å². The van der Waals surface area contributed by atoms with Crippen LogP contribution < -0.4 is 10.6 Å². The van der Waals surface area contributed by atoms with Crippen LogP contribution >= 0.6 is 11.6 Å². The predicted molar refractivity (Wildman–Crippen MR) is 145 cm³/mol. The first-order valence-corrected chi connectivity index (χ1v) is 13.4. The third kappa shape index (κ3) is 11.9. The second-order valence-electron chi connectivity index (χ2n) is 10.3. The number of amides is 3. The lowest BCUT2D eigenvalue weighted by molar-refractivity contribution is -0.132. The van der Waals surface area contributed by atoms with Crippen molar-refractivity contribution in [2.75, 3.05) is 19.6 Å². The monoisotopic (exact) mass is 550 g/mol. The number of carbonyl (C=O) groups excluding carboxylic acids is 3. The minimum Gasteiger partial charge on any atom is -0.445 e. The van der Waals surface area contributed by atoms with E-state index in [-0.39, 0.29) is 37.6 Å². The molecular formula is C26H39ClN6O5. The highest BCUT2D eigenvalue weighted by Crippen LogP contribution is 2.20. The Balaban J connectivity index is 1.78. The van der Waals surface area contributed by atoms with Crippen LogP contribution in [-0.4, -0.2) is 60.3 Å². The zero-order valence-electron chi connectivity index (χ0n) is 22.5. The summed E-state index contributed by atoms with van der Waals surface area (Å²) in [6.07, 6.45) is 3.35. The summed E-state index contributed by atoms with van der Waals surface area (Å²) in [6, 6.07) is 6.83. The minimum absolute atomic E-state index is 0.0143. The number of unbranched alkanes of at least 4 members (excludes halogenated alkanes) is 1. The van der Waals surface area contributed by atoms with Gasteiger partial charge in [-0.3, -0.25) is 4.79 Å².